The van der Waals surface area contributed by atoms with E-state index in [1.54, 1.807) is 0 Å². The van der Waals surface area contributed by atoms with E-state index in [4.69, 9.17) is 0 Å². The first kappa shape index (κ1) is 7.02. The topological polar surface area (TPSA) is 25.8 Å². The van der Waals surface area contributed by atoms with Gasteiger partial charge in [0.15, 0.2) is 0 Å². The smallest absolute Gasteiger partial charge is 0.0841 e. The summed E-state index contributed by atoms with van der Waals surface area (Å²) < 4.78 is 7.96. The van der Waals surface area contributed by atoms with Crippen LogP contribution in [0.4, 0.5) is 0 Å². The summed E-state index contributed by atoms with van der Waals surface area (Å²) in [6, 6.07) is 0. The zero-order valence-electron chi connectivity index (χ0n) is 5.20. The summed E-state index contributed by atoms with van der Waals surface area (Å²) in [7, 11) is 0. The molecule has 0 saturated heterocycles. The fourth-order valence-corrected chi connectivity index (χ4v) is 1.52. The molecule has 0 unspecified atom stereocenters. The second-order valence-corrected chi connectivity index (χ2v) is 3.37. The van der Waals surface area contributed by atoms with Crippen LogP contribution in [0.1, 0.15) is 12.6 Å². The van der Waals surface area contributed by atoms with Gasteiger partial charge < -0.3 is 0 Å². The molecule has 0 aliphatic carbocycles. The van der Waals surface area contributed by atoms with Gasteiger partial charge in [-0.05, 0) is 5.75 Å². The molecular weight excluding hydrogens is 152 g/mol. The van der Waals surface area contributed by atoms with Gasteiger partial charge in [0.1, 0.15) is 0 Å². The maximum atomic E-state index is 4.06. The van der Waals surface area contributed by atoms with Gasteiger partial charge in [0, 0.05) is 5.75 Å². The SMILES string of the molecule is CCSCc1cnsn1. The Labute approximate surface area is 63.0 Å². The summed E-state index contributed by atoms with van der Waals surface area (Å²) in [6.07, 6.45) is 1.83. The van der Waals surface area contributed by atoms with Gasteiger partial charge in [0.25, 0.3) is 0 Å². The lowest BCUT2D eigenvalue weighted by molar-refractivity contribution is 1.28. The molecule has 0 fully saturated rings. The minimum Gasteiger partial charge on any atom is -0.181 e. The van der Waals surface area contributed by atoms with Crippen molar-refractivity contribution in [2.45, 2.75) is 12.7 Å². The highest BCUT2D eigenvalue weighted by Crippen LogP contribution is 2.08. The van der Waals surface area contributed by atoms with Gasteiger partial charge in [-0.25, -0.2) is 0 Å². The van der Waals surface area contributed by atoms with Crippen molar-refractivity contribution < 1.29 is 0 Å². The van der Waals surface area contributed by atoms with Crippen LogP contribution in [0.25, 0.3) is 0 Å². The Bertz CT molecular complexity index is 150. The van der Waals surface area contributed by atoms with Crippen molar-refractivity contribution in [3.8, 4) is 0 Å². The van der Waals surface area contributed by atoms with Gasteiger partial charge >= 0.3 is 0 Å². The van der Waals surface area contributed by atoms with Crippen molar-refractivity contribution >= 4 is 23.5 Å². The van der Waals surface area contributed by atoms with Crippen molar-refractivity contribution in [1.29, 1.82) is 0 Å². The molecular formula is C5H8N2S2. The Morgan fingerprint density at radius 1 is 1.78 bits per heavy atom. The first-order valence-electron chi connectivity index (χ1n) is 2.77. The third kappa shape index (κ3) is 2.32. The summed E-state index contributed by atoms with van der Waals surface area (Å²) in [5, 5.41) is 0. The second-order valence-electron chi connectivity index (χ2n) is 1.54. The lowest BCUT2D eigenvalue weighted by Gasteiger charge is -1.88. The summed E-state index contributed by atoms with van der Waals surface area (Å²) in [6.45, 7) is 2.14. The summed E-state index contributed by atoms with van der Waals surface area (Å²) in [5.41, 5.74) is 1.10. The van der Waals surface area contributed by atoms with Gasteiger partial charge in [-0.1, -0.05) is 6.92 Å². The average molecular weight is 160 g/mol. The summed E-state index contributed by atoms with van der Waals surface area (Å²) in [5.74, 6) is 2.16. The molecule has 0 radical (unpaired) electrons. The van der Waals surface area contributed by atoms with Crippen LogP contribution in [-0.4, -0.2) is 14.5 Å². The van der Waals surface area contributed by atoms with E-state index in [0.29, 0.717) is 0 Å². The van der Waals surface area contributed by atoms with Crippen LogP contribution in [0, 0.1) is 0 Å². The number of nitrogens with zero attached hydrogens (tertiary/aromatic N) is 2. The number of rotatable bonds is 3. The van der Waals surface area contributed by atoms with Crippen LogP contribution >= 0.6 is 23.5 Å². The fraction of sp³-hybridized carbons (Fsp3) is 0.600. The molecule has 0 spiro atoms. The molecule has 0 atom stereocenters. The number of aromatic nitrogens is 2. The van der Waals surface area contributed by atoms with E-state index in [1.807, 2.05) is 18.0 Å². The highest BCUT2D eigenvalue weighted by Gasteiger charge is 1.92. The number of thioether (sulfide) groups is 1. The maximum absolute atomic E-state index is 4.06. The third-order valence-electron chi connectivity index (χ3n) is 0.861. The van der Waals surface area contributed by atoms with Crippen molar-refractivity contribution in [2.75, 3.05) is 5.75 Å². The van der Waals surface area contributed by atoms with E-state index in [0.717, 1.165) is 17.2 Å². The number of hydrogen-bond donors (Lipinski definition) is 0. The highest BCUT2D eigenvalue weighted by molar-refractivity contribution is 7.98. The van der Waals surface area contributed by atoms with E-state index in [2.05, 4.69) is 15.7 Å². The Kier molecular flexibility index (Phi) is 3.00. The molecule has 0 aliphatic heterocycles. The number of hydrogen-bond acceptors (Lipinski definition) is 4. The molecule has 0 aliphatic rings. The van der Waals surface area contributed by atoms with Gasteiger partial charge in [-0.15, -0.1) is 0 Å². The molecule has 0 saturated carbocycles. The van der Waals surface area contributed by atoms with Gasteiger partial charge in [0.2, 0.25) is 0 Å². The summed E-state index contributed by atoms with van der Waals surface area (Å²) >= 11 is 3.15. The van der Waals surface area contributed by atoms with E-state index < -0.39 is 0 Å². The monoisotopic (exact) mass is 160 g/mol. The predicted octanol–water partition coefficient (Wildman–Crippen LogP) is 1.79. The summed E-state index contributed by atoms with van der Waals surface area (Å²) in [4.78, 5) is 0. The zero-order valence-corrected chi connectivity index (χ0v) is 6.84. The minimum absolute atomic E-state index is 1.01. The van der Waals surface area contributed by atoms with Gasteiger partial charge in [-0.3, -0.25) is 0 Å². The normalized spacial score (nSPS) is 9.89. The van der Waals surface area contributed by atoms with Crippen molar-refractivity contribution in [3.05, 3.63) is 11.9 Å². The average Bonchev–Trinajstić information content (AvgIpc) is 2.34. The standard InChI is InChI=1S/C5H8N2S2/c1-2-8-4-5-3-6-9-7-5/h3H,2,4H2,1H3. The van der Waals surface area contributed by atoms with Crippen LogP contribution in [0.5, 0.6) is 0 Å². The first-order chi connectivity index (χ1) is 4.43. The largest absolute Gasteiger partial charge is 0.181 e. The van der Waals surface area contributed by atoms with E-state index >= 15 is 0 Å². The van der Waals surface area contributed by atoms with E-state index in [-0.39, 0.29) is 0 Å². The molecule has 0 aromatic carbocycles. The Hall–Kier alpha value is -0.0900. The molecule has 0 N–H and O–H groups in total. The van der Waals surface area contributed by atoms with Crippen LogP contribution in [0.2, 0.25) is 0 Å². The Balaban J connectivity index is 2.30. The molecule has 0 amide bonds. The Morgan fingerprint density at radius 3 is 3.22 bits per heavy atom. The maximum Gasteiger partial charge on any atom is 0.0841 e. The second kappa shape index (κ2) is 3.85. The minimum atomic E-state index is 1.01. The highest BCUT2D eigenvalue weighted by atomic mass is 32.2. The van der Waals surface area contributed by atoms with Crippen LogP contribution in [0.3, 0.4) is 0 Å². The lowest BCUT2D eigenvalue weighted by Crippen LogP contribution is -1.77. The van der Waals surface area contributed by atoms with Crippen molar-refractivity contribution in [2.24, 2.45) is 0 Å². The van der Waals surface area contributed by atoms with Gasteiger partial charge in [-0.2, -0.15) is 20.5 Å². The van der Waals surface area contributed by atoms with E-state index in [9.17, 15) is 0 Å². The molecule has 0 bridgehead atoms. The molecule has 4 heteroatoms. The fourth-order valence-electron chi connectivity index (χ4n) is 0.454. The Morgan fingerprint density at radius 2 is 2.67 bits per heavy atom. The van der Waals surface area contributed by atoms with Crippen LogP contribution < -0.4 is 0 Å². The predicted molar refractivity (Wildman–Crippen MR) is 41.7 cm³/mol. The third-order valence-corrected chi connectivity index (χ3v) is 2.29. The van der Waals surface area contributed by atoms with Gasteiger partial charge in [0.05, 0.1) is 23.6 Å². The van der Waals surface area contributed by atoms with Crippen LogP contribution in [-0.2, 0) is 5.75 Å². The van der Waals surface area contributed by atoms with Crippen LogP contribution in [0.15, 0.2) is 6.20 Å². The van der Waals surface area contributed by atoms with E-state index in [1.165, 1.54) is 11.7 Å². The first-order valence-corrected chi connectivity index (χ1v) is 4.66. The molecule has 1 heterocycles. The molecule has 9 heavy (non-hydrogen) atoms. The van der Waals surface area contributed by atoms with Crippen molar-refractivity contribution in [1.82, 2.24) is 8.75 Å². The zero-order chi connectivity index (χ0) is 6.53. The molecule has 1 rings (SSSR count). The molecule has 1 aromatic heterocycles. The molecule has 2 nitrogen and oxygen atoms in total. The molecule has 1 aromatic rings. The molecule has 50 valence electrons. The lowest BCUT2D eigenvalue weighted by atomic mass is 10.6. The van der Waals surface area contributed by atoms with Crippen molar-refractivity contribution in [3.63, 3.8) is 0 Å². The quantitative estimate of drug-likeness (QED) is 0.674.